The zero-order valence-electron chi connectivity index (χ0n) is 13.4. The van der Waals surface area contributed by atoms with E-state index in [-0.39, 0.29) is 0 Å². The summed E-state index contributed by atoms with van der Waals surface area (Å²) in [4.78, 5) is 0. The summed E-state index contributed by atoms with van der Waals surface area (Å²) in [5.41, 5.74) is 1.79. The van der Waals surface area contributed by atoms with E-state index in [2.05, 4.69) is 24.5 Å². The molecule has 114 valence electrons. The van der Waals surface area contributed by atoms with Crippen molar-refractivity contribution in [2.75, 3.05) is 19.6 Å². The average molecular weight is 276 g/mol. The molecule has 2 heteroatoms. The van der Waals surface area contributed by atoms with Gasteiger partial charge in [-0.25, -0.2) is 0 Å². The van der Waals surface area contributed by atoms with E-state index < -0.39 is 0 Å². The summed E-state index contributed by atoms with van der Waals surface area (Å²) in [5.74, 6) is 1.88. The third-order valence-electron chi connectivity index (χ3n) is 6.79. The van der Waals surface area contributed by atoms with Crippen LogP contribution in [0.5, 0.6) is 0 Å². The lowest BCUT2D eigenvalue weighted by Gasteiger charge is -2.65. The van der Waals surface area contributed by atoms with Crippen molar-refractivity contribution in [1.82, 2.24) is 10.6 Å². The monoisotopic (exact) mass is 276 g/mol. The predicted molar refractivity (Wildman–Crippen MR) is 83.7 cm³/mol. The van der Waals surface area contributed by atoms with Crippen LogP contribution in [0.3, 0.4) is 0 Å². The second kappa shape index (κ2) is 4.46. The largest absolute Gasteiger partial charge is 0.316 e. The first-order chi connectivity index (χ1) is 9.49. The second-order valence-corrected chi connectivity index (χ2v) is 9.50. The van der Waals surface area contributed by atoms with Crippen LogP contribution >= 0.6 is 0 Å². The molecule has 0 amide bonds. The molecule has 3 unspecified atom stereocenters. The molecule has 5 fully saturated rings. The van der Waals surface area contributed by atoms with Gasteiger partial charge in [0.2, 0.25) is 0 Å². The predicted octanol–water partition coefficient (Wildman–Crippen LogP) is 3.32. The number of hydrogen-bond acceptors (Lipinski definition) is 2. The highest BCUT2D eigenvalue weighted by atomic mass is 15.0. The molecule has 3 atom stereocenters. The van der Waals surface area contributed by atoms with E-state index in [0.29, 0.717) is 16.4 Å². The quantitative estimate of drug-likeness (QED) is 0.826. The van der Waals surface area contributed by atoms with E-state index in [1.807, 2.05) is 0 Å². The molecule has 0 aromatic rings. The first-order valence-corrected chi connectivity index (χ1v) is 8.94. The fourth-order valence-electron chi connectivity index (χ4n) is 7.10. The molecular formula is C18H32N2. The Hall–Kier alpha value is -0.0800. The minimum atomic E-state index is 0.500. The Labute approximate surface area is 124 Å². The van der Waals surface area contributed by atoms with Crippen LogP contribution in [-0.4, -0.2) is 25.2 Å². The fraction of sp³-hybridized carbons (Fsp3) is 1.00. The summed E-state index contributed by atoms with van der Waals surface area (Å²) in [5, 5.41) is 7.68. The second-order valence-electron chi connectivity index (χ2n) is 9.50. The van der Waals surface area contributed by atoms with Gasteiger partial charge in [-0.1, -0.05) is 13.8 Å². The Morgan fingerprint density at radius 3 is 2.40 bits per heavy atom. The molecule has 4 aliphatic carbocycles. The number of nitrogens with one attached hydrogen (secondary N) is 2. The highest BCUT2D eigenvalue weighted by Gasteiger charge is 2.59. The molecule has 20 heavy (non-hydrogen) atoms. The molecule has 0 radical (unpaired) electrons. The zero-order valence-corrected chi connectivity index (χ0v) is 13.4. The van der Waals surface area contributed by atoms with Crippen LogP contribution in [0, 0.1) is 22.7 Å². The maximum absolute atomic E-state index is 4.11. The van der Waals surface area contributed by atoms with Gasteiger partial charge >= 0.3 is 0 Å². The van der Waals surface area contributed by atoms with E-state index in [0.717, 1.165) is 11.8 Å². The van der Waals surface area contributed by atoms with Crippen LogP contribution in [0.15, 0.2) is 0 Å². The van der Waals surface area contributed by atoms with Gasteiger partial charge in [0.25, 0.3) is 0 Å². The van der Waals surface area contributed by atoms with Gasteiger partial charge in [-0.05, 0) is 93.7 Å². The molecule has 4 bridgehead atoms. The third kappa shape index (κ3) is 2.33. The Morgan fingerprint density at radius 1 is 1.05 bits per heavy atom. The lowest BCUT2D eigenvalue weighted by atomic mass is 9.43. The molecule has 5 aliphatic rings. The number of piperidine rings is 1. The first-order valence-electron chi connectivity index (χ1n) is 8.94. The molecule has 1 aliphatic heterocycles. The molecule has 0 aromatic heterocycles. The van der Waals surface area contributed by atoms with Crippen molar-refractivity contribution < 1.29 is 0 Å². The van der Waals surface area contributed by atoms with E-state index in [9.17, 15) is 0 Å². The first kappa shape index (κ1) is 13.6. The molecule has 5 rings (SSSR count). The number of hydrogen-bond donors (Lipinski definition) is 2. The summed E-state index contributed by atoms with van der Waals surface area (Å²) in [6, 6.07) is 0. The van der Waals surface area contributed by atoms with Crippen molar-refractivity contribution in [1.29, 1.82) is 0 Å². The van der Waals surface area contributed by atoms with Crippen LogP contribution < -0.4 is 10.6 Å². The Kier molecular flexibility index (Phi) is 3.03. The normalized spacial score (nSPS) is 54.3. The Morgan fingerprint density at radius 2 is 1.80 bits per heavy atom. The lowest BCUT2D eigenvalue weighted by molar-refractivity contribution is -0.118. The van der Waals surface area contributed by atoms with Gasteiger partial charge in [-0.3, -0.25) is 0 Å². The highest BCUT2D eigenvalue weighted by Crippen LogP contribution is 2.66. The van der Waals surface area contributed by atoms with E-state index in [1.165, 1.54) is 71.0 Å². The van der Waals surface area contributed by atoms with Gasteiger partial charge in [-0.15, -0.1) is 0 Å². The third-order valence-corrected chi connectivity index (χ3v) is 6.79. The average Bonchev–Trinajstić information content (AvgIpc) is 2.33. The molecule has 4 saturated carbocycles. The summed E-state index contributed by atoms with van der Waals surface area (Å²) in [6.45, 7) is 8.88. The molecule has 2 N–H and O–H groups in total. The fourth-order valence-corrected chi connectivity index (χ4v) is 7.10. The molecule has 1 saturated heterocycles. The van der Waals surface area contributed by atoms with Crippen LogP contribution in [0.25, 0.3) is 0 Å². The lowest BCUT2D eigenvalue weighted by Crippen LogP contribution is -2.64. The van der Waals surface area contributed by atoms with Crippen molar-refractivity contribution in [3.05, 3.63) is 0 Å². The van der Waals surface area contributed by atoms with E-state index in [4.69, 9.17) is 0 Å². The van der Waals surface area contributed by atoms with Crippen LogP contribution in [-0.2, 0) is 0 Å². The molecular weight excluding hydrogens is 244 g/mol. The van der Waals surface area contributed by atoms with E-state index in [1.54, 1.807) is 0 Å². The Bertz CT molecular complexity index is 367. The summed E-state index contributed by atoms with van der Waals surface area (Å²) >= 11 is 0. The number of rotatable bonds is 3. The van der Waals surface area contributed by atoms with Crippen molar-refractivity contribution in [2.24, 2.45) is 22.7 Å². The topological polar surface area (TPSA) is 24.1 Å². The van der Waals surface area contributed by atoms with Crippen LogP contribution in [0.1, 0.15) is 65.2 Å². The zero-order chi connectivity index (χ0) is 13.8. The maximum atomic E-state index is 4.11. The maximum Gasteiger partial charge on any atom is 0.0194 e. The SMILES string of the molecule is CC12CC3CC(C)(C1)CC(NCC1CCCNC1)(C3)C2. The van der Waals surface area contributed by atoms with Gasteiger partial charge in [0, 0.05) is 5.54 Å². The summed E-state index contributed by atoms with van der Waals surface area (Å²) in [6.07, 6.45) is 11.7. The van der Waals surface area contributed by atoms with Crippen molar-refractivity contribution in [3.63, 3.8) is 0 Å². The molecule has 0 aromatic carbocycles. The van der Waals surface area contributed by atoms with Crippen LogP contribution in [0.4, 0.5) is 0 Å². The van der Waals surface area contributed by atoms with Crippen LogP contribution in [0.2, 0.25) is 0 Å². The Balaban J connectivity index is 1.46. The minimum absolute atomic E-state index is 0.500. The highest BCUT2D eigenvalue weighted by molar-refractivity contribution is 5.14. The summed E-state index contributed by atoms with van der Waals surface area (Å²) in [7, 11) is 0. The molecule has 0 spiro atoms. The van der Waals surface area contributed by atoms with Gasteiger partial charge < -0.3 is 10.6 Å². The summed E-state index contributed by atoms with van der Waals surface area (Å²) < 4.78 is 0. The van der Waals surface area contributed by atoms with Gasteiger partial charge in [0.1, 0.15) is 0 Å². The van der Waals surface area contributed by atoms with E-state index >= 15 is 0 Å². The molecule has 2 nitrogen and oxygen atoms in total. The minimum Gasteiger partial charge on any atom is -0.316 e. The standard InChI is InChI=1S/C18H32N2/c1-16-6-15-7-17(2,11-16)13-18(8-15,12-16)20-10-14-4-3-5-19-9-14/h14-15,19-20H,3-13H2,1-2H3. The smallest absolute Gasteiger partial charge is 0.0194 e. The van der Waals surface area contributed by atoms with Crippen molar-refractivity contribution >= 4 is 0 Å². The van der Waals surface area contributed by atoms with Gasteiger partial charge in [0.15, 0.2) is 0 Å². The van der Waals surface area contributed by atoms with Crippen molar-refractivity contribution in [2.45, 2.75) is 70.8 Å². The van der Waals surface area contributed by atoms with Crippen molar-refractivity contribution in [3.8, 4) is 0 Å². The van der Waals surface area contributed by atoms with Gasteiger partial charge in [0.05, 0.1) is 0 Å². The van der Waals surface area contributed by atoms with Gasteiger partial charge in [-0.2, -0.15) is 0 Å². The molecule has 1 heterocycles.